The standard InChI is InChI=1S/C18H15FN2O3S2/c19-14-8-6-13(7-9-14)16(26(23,24)17-5-3-11-25-17)12-21-18(22)15-4-1-2-10-20-15/h1-11,16H,12H2,(H,21,22)/t16-/m1/s1. The number of carbonyl (C=O) groups excluding carboxylic acids is 1. The van der Waals surface area contributed by atoms with Gasteiger partial charge in [-0.25, -0.2) is 12.8 Å². The maximum atomic E-state index is 13.2. The van der Waals surface area contributed by atoms with Crippen LogP contribution in [0, 0.1) is 5.82 Å². The van der Waals surface area contributed by atoms with Crippen molar-refractivity contribution in [3.8, 4) is 0 Å². The van der Waals surface area contributed by atoms with Gasteiger partial charge in [0.1, 0.15) is 21.0 Å². The molecule has 0 saturated carbocycles. The van der Waals surface area contributed by atoms with E-state index in [0.717, 1.165) is 11.3 Å². The fourth-order valence-corrected chi connectivity index (χ4v) is 5.29. The number of amides is 1. The summed E-state index contributed by atoms with van der Waals surface area (Å²) in [5.41, 5.74) is 0.597. The molecule has 3 aromatic rings. The first-order valence-corrected chi connectivity index (χ1v) is 10.1. The van der Waals surface area contributed by atoms with Crippen LogP contribution in [0.25, 0.3) is 0 Å². The van der Waals surface area contributed by atoms with Crippen LogP contribution >= 0.6 is 11.3 Å². The molecule has 0 aliphatic rings. The molecular weight excluding hydrogens is 375 g/mol. The SMILES string of the molecule is O=C(NC[C@H](c1ccc(F)cc1)S(=O)(=O)c1cccs1)c1ccccn1. The van der Waals surface area contributed by atoms with Gasteiger partial charge in [0, 0.05) is 12.7 Å². The van der Waals surface area contributed by atoms with E-state index in [1.165, 1.54) is 42.6 Å². The topological polar surface area (TPSA) is 76.1 Å². The summed E-state index contributed by atoms with van der Waals surface area (Å²) in [4.78, 5) is 16.2. The van der Waals surface area contributed by atoms with Crippen molar-refractivity contribution in [1.82, 2.24) is 10.3 Å². The van der Waals surface area contributed by atoms with Gasteiger partial charge in [-0.1, -0.05) is 24.3 Å². The molecule has 134 valence electrons. The van der Waals surface area contributed by atoms with Crippen LogP contribution in [0.5, 0.6) is 0 Å². The molecule has 0 bridgehead atoms. The maximum absolute atomic E-state index is 13.2. The zero-order valence-electron chi connectivity index (χ0n) is 13.5. The van der Waals surface area contributed by atoms with Gasteiger partial charge in [0.15, 0.2) is 9.84 Å². The number of nitrogens with zero attached hydrogens (tertiary/aromatic N) is 1. The molecule has 1 amide bonds. The Hall–Kier alpha value is -2.58. The number of nitrogens with one attached hydrogen (secondary N) is 1. The predicted molar refractivity (Wildman–Crippen MR) is 97.2 cm³/mol. The number of sulfone groups is 1. The van der Waals surface area contributed by atoms with Gasteiger partial charge in [0.25, 0.3) is 5.91 Å². The van der Waals surface area contributed by atoms with E-state index in [1.54, 1.807) is 23.6 Å². The first-order valence-electron chi connectivity index (χ1n) is 7.70. The molecule has 0 fully saturated rings. The van der Waals surface area contributed by atoms with Crippen molar-refractivity contribution in [2.45, 2.75) is 9.46 Å². The number of benzene rings is 1. The van der Waals surface area contributed by atoms with E-state index in [2.05, 4.69) is 10.3 Å². The molecule has 1 atom stereocenters. The smallest absolute Gasteiger partial charge is 0.269 e. The summed E-state index contributed by atoms with van der Waals surface area (Å²) in [7, 11) is -3.74. The molecule has 0 radical (unpaired) electrons. The van der Waals surface area contributed by atoms with Gasteiger partial charge in [-0.2, -0.15) is 0 Å². The van der Waals surface area contributed by atoms with Gasteiger partial charge in [-0.3, -0.25) is 9.78 Å². The highest BCUT2D eigenvalue weighted by molar-refractivity contribution is 7.93. The van der Waals surface area contributed by atoms with E-state index < -0.39 is 26.8 Å². The first kappa shape index (κ1) is 18.2. The number of pyridine rings is 1. The van der Waals surface area contributed by atoms with Crippen LogP contribution in [0.2, 0.25) is 0 Å². The van der Waals surface area contributed by atoms with Gasteiger partial charge < -0.3 is 5.32 Å². The van der Waals surface area contributed by atoms with E-state index in [-0.39, 0.29) is 16.4 Å². The van der Waals surface area contributed by atoms with Crippen LogP contribution in [0.1, 0.15) is 21.3 Å². The van der Waals surface area contributed by atoms with Crippen LogP contribution in [0.3, 0.4) is 0 Å². The minimum Gasteiger partial charge on any atom is -0.349 e. The third kappa shape index (κ3) is 3.97. The Morgan fingerprint density at radius 1 is 1.12 bits per heavy atom. The van der Waals surface area contributed by atoms with Crippen molar-refractivity contribution in [2.75, 3.05) is 6.54 Å². The Balaban J connectivity index is 1.89. The van der Waals surface area contributed by atoms with Crippen LogP contribution in [-0.4, -0.2) is 25.9 Å². The molecule has 0 spiro atoms. The van der Waals surface area contributed by atoms with Gasteiger partial charge in [-0.05, 0) is 41.3 Å². The summed E-state index contributed by atoms with van der Waals surface area (Å²) < 4.78 is 39.4. The lowest BCUT2D eigenvalue weighted by Gasteiger charge is -2.18. The zero-order chi connectivity index (χ0) is 18.6. The highest BCUT2D eigenvalue weighted by atomic mass is 32.2. The Morgan fingerprint density at radius 2 is 1.88 bits per heavy atom. The summed E-state index contributed by atoms with van der Waals surface area (Å²) in [6.45, 7) is -0.152. The van der Waals surface area contributed by atoms with Crippen molar-refractivity contribution >= 4 is 27.1 Å². The minimum absolute atomic E-state index is 0.152. The first-order chi connectivity index (χ1) is 12.5. The molecule has 2 heterocycles. The number of carbonyl (C=O) groups is 1. The molecule has 1 aromatic carbocycles. The lowest BCUT2D eigenvalue weighted by atomic mass is 10.1. The highest BCUT2D eigenvalue weighted by Gasteiger charge is 2.30. The van der Waals surface area contributed by atoms with Crippen LogP contribution < -0.4 is 5.32 Å². The average molecular weight is 390 g/mol. The summed E-state index contributed by atoms with van der Waals surface area (Å²) in [5.74, 6) is -0.933. The predicted octanol–water partition coefficient (Wildman–Crippen LogP) is 3.23. The second kappa shape index (κ2) is 7.76. The van der Waals surface area contributed by atoms with Crippen molar-refractivity contribution in [1.29, 1.82) is 0 Å². The van der Waals surface area contributed by atoms with Gasteiger partial charge >= 0.3 is 0 Å². The van der Waals surface area contributed by atoms with Gasteiger partial charge in [-0.15, -0.1) is 11.3 Å². The second-order valence-corrected chi connectivity index (χ2v) is 8.75. The summed E-state index contributed by atoms with van der Waals surface area (Å²) in [5, 5.41) is 3.25. The Labute approximate surface area is 154 Å². The number of hydrogen-bond acceptors (Lipinski definition) is 5. The Bertz CT molecular complexity index is 973. The summed E-state index contributed by atoms with van der Waals surface area (Å²) in [6.07, 6.45) is 1.48. The molecule has 1 N–H and O–H groups in total. The van der Waals surface area contributed by atoms with Crippen LogP contribution in [0.15, 0.2) is 70.4 Å². The molecule has 3 rings (SSSR count). The normalized spacial score (nSPS) is 12.5. The van der Waals surface area contributed by atoms with Crippen LogP contribution in [-0.2, 0) is 9.84 Å². The number of halogens is 1. The molecule has 2 aromatic heterocycles. The fourth-order valence-electron chi connectivity index (χ4n) is 2.42. The molecule has 0 saturated heterocycles. The van der Waals surface area contributed by atoms with Crippen molar-refractivity contribution in [3.63, 3.8) is 0 Å². The molecule has 0 aliphatic heterocycles. The highest BCUT2D eigenvalue weighted by Crippen LogP contribution is 2.31. The third-order valence-electron chi connectivity index (χ3n) is 3.74. The van der Waals surface area contributed by atoms with E-state index >= 15 is 0 Å². The van der Waals surface area contributed by atoms with E-state index in [4.69, 9.17) is 0 Å². The average Bonchev–Trinajstić information content (AvgIpc) is 3.19. The van der Waals surface area contributed by atoms with Crippen molar-refractivity contribution in [3.05, 3.63) is 83.2 Å². The number of hydrogen-bond donors (Lipinski definition) is 1. The van der Waals surface area contributed by atoms with Crippen LogP contribution in [0.4, 0.5) is 4.39 Å². The number of thiophene rings is 1. The monoisotopic (exact) mass is 390 g/mol. The van der Waals surface area contributed by atoms with Crippen molar-refractivity contribution in [2.24, 2.45) is 0 Å². The Morgan fingerprint density at radius 3 is 2.50 bits per heavy atom. The summed E-state index contributed by atoms with van der Waals surface area (Å²) >= 11 is 1.10. The Kier molecular flexibility index (Phi) is 5.43. The lowest BCUT2D eigenvalue weighted by molar-refractivity contribution is 0.0948. The van der Waals surface area contributed by atoms with Crippen molar-refractivity contribution < 1.29 is 17.6 Å². The second-order valence-electron chi connectivity index (χ2n) is 5.44. The van der Waals surface area contributed by atoms with Gasteiger partial charge in [0.2, 0.25) is 0 Å². The summed E-state index contributed by atoms with van der Waals surface area (Å²) in [6, 6.07) is 13.3. The van der Waals surface area contributed by atoms with E-state index in [1.807, 2.05) is 0 Å². The molecule has 0 unspecified atom stereocenters. The van der Waals surface area contributed by atoms with Gasteiger partial charge in [0.05, 0.1) is 0 Å². The number of aromatic nitrogens is 1. The number of rotatable bonds is 6. The minimum atomic E-state index is -3.74. The molecule has 0 aliphatic carbocycles. The molecule has 5 nitrogen and oxygen atoms in total. The third-order valence-corrected chi connectivity index (χ3v) is 7.27. The molecule has 26 heavy (non-hydrogen) atoms. The maximum Gasteiger partial charge on any atom is 0.269 e. The zero-order valence-corrected chi connectivity index (χ0v) is 15.1. The van der Waals surface area contributed by atoms with E-state index in [0.29, 0.717) is 5.56 Å². The largest absolute Gasteiger partial charge is 0.349 e. The lowest BCUT2D eigenvalue weighted by Crippen LogP contribution is -2.32. The molecular formula is C18H15FN2O3S2. The van der Waals surface area contributed by atoms with E-state index in [9.17, 15) is 17.6 Å². The fraction of sp³-hybridized carbons (Fsp3) is 0.111. The molecule has 8 heteroatoms. The quantitative estimate of drug-likeness (QED) is 0.701.